The number of nitrogens with zero attached hydrogens (tertiary/aromatic N) is 1. The maximum Gasteiger partial charge on any atom is 0.418 e. The normalized spacial score (nSPS) is 11.5. The molecule has 0 aromatic carbocycles. The van der Waals surface area contributed by atoms with Crippen LogP contribution in [0.5, 0.6) is 0 Å². The molecule has 0 unspecified atom stereocenters. The molecule has 0 aliphatic carbocycles. The maximum atomic E-state index is 12.3. The lowest BCUT2D eigenvalue weighted by Gasteiger charge is -2.05. The molecule has 78 valence electrons. The van der Waals surface area contributed by atoms with Crippen LogP contribution in [0, 0.1) is 0 Å². The van der Waals surface area contributed by atoms with E-state index in [0.29, 0.717) is 0 Å². The number of carbonyl (C=O) groups is 1. The molecule has 0 saturated heterocycles. The van der Waals surface area contributed by atoms with Crippen LogP contribution in [0.2, 0.25) is 0 Å². The van der Waals surface area contributed by atoms with Crippen LogP contribution < -0.4 is 0 Å². The molecule has 0 spiro atoms. The van der Waals surface area contributed by atoms with Crippen molar-refractivity contribution >= 4 is 5.97 Å². The van der Waals surface area contributed by atoms with Crippen LogP contribution in [-0.4, -0.2) is 17.6 Å². The van der Waals surface area contributed by atoms with Crippen molar-refractivity contribution in [2.45, 2.75) is 6.18 Å². The van der Waals surface area contributed by atoms with Crippen molar-refractivity contribution in [1.29, 1.82) is 0 Å². The quantitative estimate of drug-likeness (QED) is 0.658. The lowest BCUT2D eigenvalue weighted by Crippen LogP contribution is -2.11. The Morgan fingerprint density at radius 1 is 1.43 bits per heavy atom. The second-order valence-corrected chi connectivity index (χ2v) is 2.74. The largest absolute Gasteiger partial charge is 0.465 e. The minimum atomic E-state index is -4.54. The number of rotatable bonds is 1. The minimum absolute atomic E-state index is 0.470. The molecule has 0 amide bonds. The molecule has 0 bridgehead atoms. The average molecular weight is 207 g/mol. The number of hydrogen-bond donors (Lipinski definition) is 0. The molecule has 0 aliphatic rings. The van der Waals surface area contributed by atoms with Gasteiger partial charge in [0.15, 0.2) is 0 Å². The Bertz CT molecular complexity index is 354. The number of esters is 1. The molecule has 1 aromatic rings. The van der Waals surface area contributed by atoms with Gasteiger partial charge in [0.1, 0.15) is 0 Å². The maximum absolute atomic E-state index is 12.3. The summed E-state index contributed by atoms with van der Waals surface area (Å²) in [7, 11) is 2.44. The Morgan fingerprint density at radius 2 is 2.00 bits per heavy atom. The van der Waals surface area contributed by atoms with E-state index in [1.165, 1.54) is 7.05 Å². The molecule has 0 aliphatic heterocycles. The lowest BCUT2D eigenvalue weighted by molar-refractivity contribution is -0.138. The standard InChI is InChI=1S/C8H8F3NO2/c1-12-3-5(7(13)14-2)6(4-12)8(9,10)11/h3-4H,1-2H3. The average Bonchev–Trinajstić information content (AvgIpc) is 2.45. The fourth-order valence-corrected chi connectivity index (χ4v) is 1.08. The van der Waals surface area contributed by atoms with Crippen molar-refractivity contribution in [1.82, 2.24) is 4.57 Å². The van der Waals surface area contributed by atoms with Gasteiger partial charge >= 0.3 is 12.1 Å². The van der Waals surface area contributed by atoms with Crippen LogP contribution in [0.25, 0.3) is 0 Å². The van der Waals surface area contributed by atoms with Gasteiger partial charge in [-0.15, -0.1) is 0 Å². The highest BCUT2D eigenvalue weighted by Crippen LogP contribution is 2.32. The third-order valence-corrected chi connectivity index (χ3v) is 1.67. The molecule has 0 fully saturated rings. The summed E-state index contributed by atoms with van der Waals surface area (Å²) in [6, 6.07) is 0. The fraction of sp³-hybridized carbons (Fsp3) is 0.375. The summed E-state index contributed by atoms with van der Waals surface area (Å²) in [6.07, 6.45) is -2.62. The number of methoxy groups -OCH3 is 1. The second-order valence-electron chi connectivity index (χ2n) is 2.74. The van der Waals surface area contributed by atoms with Crippen molar-refractivity contribution in [3.05, 3.63) is 23.5 Å². The van der Waals surface area contributed by atoms with Crippen molar-refractivity contribution in [3.63, 3.8) is 0 Å². The number of aromatic nitrogens is 1. The fourth-order valence-electron chi connectivity index (χ4n) is 1.08. The van der Waals surface area contributed by atoms with Gasteiger partial charge in [-0.3, -0.25) is 0 Å². The van der Waals surface area contributed by atoms with Crippen LogP contribution in [0.1, 0.15) is 15.9 Å². The first-order valence-electron chi connectivity index (χ1n) is 3.67. The molecule has 0 radical (unpaired) electrons. The molecule has 0 atom stereocenters. The molecular weight excluding hydrogens is 199 g/mol. The van der Waals surface area contributed by atoms with E-state index in [1.807, 2.05) is 0 Å². The number of ether oxygens (including phenoxy) is 1. The summed E-state index contributed by atoms with van der Waals surface area (Å²) in [5.74, 6) is -0.988. The third kappa shape index (κ3) is 1.89. The molecule has 14 heavy (non-hydrogen) atoms. The van der Waals surface area contributed by atoms with Gasteiger partial charge in [-0.2, -0.15) is 13.2 Å². The van der Waals surface area contributed by atoms with Crippen molar-refractivity contribution < 1.29 is 22.7 Å². The van der Waals surface area contributed by atoms with Crippen LogP contribution in [0.4, 0.5) is 13.2 Å². The van der Waals surface area contributed by atoms with Gasteiger partial charge < -0.3 is 9.30 Å². The first-order chi connectivity index (χ1) is 6.36. The first-order valence-corrected chi connectivity index (χ1v) is 3.67. The third-order valence-electron chi connectivity index (χ3n) is 1.67. The van der Waals surface area contributed by atoms with E-state index in [2.05, 4.69) is 4.74 Å². The van der Waals surface area contributed by atoms with Gasteiger partial charge in [-0.1, -0.05) is 0 Å². The summed E-state index contributed by atoms with van der Waals surface area (Å²) in [6.45, 7) is 0. The molecule has 0 N–H and O–H groups in total. The highest BCUT2D eigenvalue weighted by Gasteiger charge is 2.36. The van der Waals surface area contributed by atoms with Crippen LogP contribution in [-0.2, 0) is 18.0 Å². The Labute approximate surface area is 78.1 Å². The zero-order valence-corrected chi connectivity index (χ0v) is 7.55. The topological polar surface area (TPSA) is 31.2 Å². The molecule has 1 aromatic heterocycles. The highest BCUT2D eigenvalue weighted by atomic mass is 19.4. The Morgan fingerprint density at radius 3 is 2.43 bits per heavy atom. The number of carbonyl (C=O) groups excluding carboxylic acids is 1. The summed E-state index contributed by atoms with van der Waals surface area (Å²) in [4.78, 5) is 11.0. The molecular formula is C8H8F3NO2. The zero-order chi connectivity index (χ0) is 10.9. The van der Waals surface area contributed by atoms with E-state index < -0.39 is 23.3 Å². The van der Waals surface area contributed by atoms with E-state index in [9.17, 15) is 18.0 Å². The van der Waals surface area contributed by atoms with E-state index in [0.717, 1.165) is 24.1 Å². The van der Waals surface area contributed by atoms with Gasteiger partial charge in [0.25, 0.3) is 0 Å². The molecule has 3 nitrogen and oxygen atoms in total. The predicted molar refractivity (Wildman–Crippen MR) is 41.8 cm³/mol. The Hall–Kier alpha value is -1.46. The van der Waals surface area contributed by atoms with Crippen molar-refractivity contribution in [2.75, 3.05) is 7.11 Å². The molecule has 6 heteroatoms. The number of hydrogen-bond acceptors (Lipinski definition) is 2. The van der Waals surface area contributed by atoms with Gasteiger partial charge in [0.2, 0.25) is 0 Å². The predicted octanol–water partition coefficient (Wildman–Crippen LogP) is 1.83. The lowest BCUT2D eigenvalue weighted by atomic mass is 10.2. The monoisotopic (exact) mass is 207 g/mol. The van der Waals surface area contributed by atoms with E-state index in [4.69, 9.17) is 0 Å². The summed E-state index contributed by atoms with van der Waals surface area (Å²) in [5, 5.41) is 0. The first kappa shape index (κ1) is 10.6. The van der Waals surface area contributed by atoms with Crippen LogP contribution in [0.3, 0.4) is 0 Å². The van der Waals surface area contributed by atoms with E-state index >= 15 is 0 Å². The minimum Gasteiger partial charge on any atom is -0.465 e. The second kappa shape index (κ2) is 3.36. The van der Waals surface area contributed by atoms with E-state index in [-0.39, 0.29) is 0 Å². The van der Waals surface area contributed by atoms with Gasteiger partial charge in [0.05, 0.1) is 18.2 Å². The molecule has 1 rings (SSSR count). The van der Waals surface area contributed by atoms with Gasteiger partial charge in [0, 0.05) is 19.4 Å². The number of halogens is 3. The smallest absolute Gasteiger partial charge is 0.418 e. The molecule has 1 heterocycles. The van der Waals surface area contributed by atoms with Gasteiger partial charge in [-0.25, -0.2) is 4.79 Å². The van der Waals surface area contributed by atoms with Crippen LogP contribution in [0.15, 0.2) is 12.4 Å². The number of aryl methyl sites for hydroxylation is 1. The molecule has 0 saturated carbocycles. The highest BCUT2D eigenvalue weighted by molar-refractivity contribution is 5.91. The Kier molecular flexibility index (Phi) is 2.55. The SMILES string of the molecule is COC(=O)c1cn(C)cc1C(F)(F)F. The number of alkyl halides is 3. The summed E-state index contributed by atoms with van der Waals surface area (Å²) in [5.41, 5.74) is -1.45. The summed E-state index contributed by atoms with van der Waals surface area (Å²) < 4.78 is 42.4. The van der Waals surface area contributed by atoms with Crippen molar-refractivity contribution in [3.8, 4) is 0 Å². The summed E-state index contributed by atoms with van der Waals surface area (Å²) >= 11 is 0. The van der Waals surface area contributed by atoms with Crippen LogP contribution >= 0.6 is 0 Å². The van der Waals surface area contributed by atoms with Crippen molar-refractivity contribution in [2.24, 2.45) is 7.05 Å². The van der Waals surface area contributed by atoms with E-state index in [1.54, 1.807) is 0 Å². The Balaban J connectivity index is 3.23. The van der Waals surface area contributed by atoms with Gasteiger partial charge in [-0.05, 0) is 0 Å². The zero-order valence-electron chi connectivity index (χ0n) is 7.55.